The van der Waals surface area contributed by atoms with Gasteiger partial charge in [0.15, 0.2) is 0 Å². The molecule has 0 bridgehead atoms. The predicted octanol–water partition coefficient (Wildman–Crippen LogP) is 6.73. The van der Waals surface area contributed by atoms with Gasteiger partial charge in [0.2, 0.25) is 5.76 Å². The number of pyridine rings is 2. The minimum atomic E-state index is -0.783. The summed E-state index contributed by atoms with van der Waals surface area (Å²) in [7, 11) is 0. The number of rotatable bonds is 6. The molecule has 3 amide bonds. The highest BCUT2D eigenvalue weighted by atomic mass is 16.6. The fourth-order valence-corrected chi connectivity index (χ4v) is 5.83. The predicted molar refractivity (Wildman–Crippen MR) is 193 cm³/mol. The second-order valence-corrected chi connectivity index (χ2v) is 14.5. The van der Waals surface area contributed by atoms with Crippen LogP contribution in [0.2, 0.25) is 0 Å². The Labute approximate surface area is 300 Å². The van der Waals surface area contributed by atoms with Crippen molar-refractivity contribution in [3.05, 3.63) is 90.4 Å². The van der Waals surface area contributed by atoms with E-state index in [0.29, 0.717) is 41.7 Å². The van der Waals surface area contributed by atoms with Crippen LogP contribution in [0, 0.1) is 0 Å². The van der Waals surface area contributed by atoms with Crippen LogP contribution < -0.4 is 10.9 Å². The van der Waals surface area contributed by atoms with Crippen LogP contribution in [-0.4, -0.2) is 67.7 Å². The smallest absolute Gasteiger partial charge is 0.426 e. The maximum Gasteiger partial charge on any atom is 0.426 e. The second-order valence-electron chi connectivity index (χ2n) is 14.5. The third kappa shape index (κ3) is 8.26. The molecule has 0 aliphatic carbocycles. The average molecular weight is 705 g/mol. The van der Waals surface area contributed by atoms with Gasteiger partial charge < -0.3 is 18.9 Å². The fourth-order valence-electron chi connectivity index (χ4n) is 5.83. The van der Waals surface area contributed by atoms with Crippen molar-refractivity contribution in [2.45, 2.75) is 71.6 Å². The van der Waals surface area contributed by atoms with Crippen molar-refractivity contribution in [1.29, 1.82) is 0 Å². The summed E-state index contributed by atoms with van der Waals surface area (Å²) in [5.41, 5.74) is 8.65. The van der Waals surface area contributed by atoms with Gasteiger partial charge in [0.1, 0.15) is 22.9 Å². The molecule has 6 rings (SSSR count). The van der Waals surface area contributed by atoms with E-state index >= 15 is 0 Å². The van der Waals surface area contributed by atoms with Crippen LogP contribution in [-0.2, 0) is 14.3 Å². The summed E-state index contributed by atoms with van der Waals surface area (Å²) in [6, 6.07) is 19.7. The summed E-state index contributed by atoms with van der Waals surface area (Å²) in [5.74, 6) is -1.31. The lowest BCUT2D eigenvalue weighted by Gasteiger charge is -2.26. The summed E-state index contributed by atoms with van der Waals surface area (Å²) >= 11 is 0. The molecule has 4 heterocycles. The topological polar surface area (TPSA) is 166 Å². The van der Waals surface area contributed by atoms with Crippen molar-refractivity contribution in [2.75, 3.05) is 6.54 Å². The van der Waals surface area contributed by atoms with Gasteiger partial charge in [-0.3, -0.25) is 20.0 Å². The van der Waals surface area contributed by atoms with Crippen molar-refractivity contribution in [1.82, 2.24) is 30.9 Å². The summed E-state index contributed by atoms with van der Waals surface area (Å²) in [6.07, 6.45) is 3.60. The molecule has 268 valence electrons. The first kappa shape index (κ1) is 35.7. The number of likely N-dealkylation sites (tertiary alicyclic amines) is 1. The maximum atomic E-state index is 13.3. The molecular weight excluding hydrogens is 664 g/mol. The van der Waals surface area contributed by atoms with Crippen LogP contribution in [0.4, 0.5) is 4.79 Å². The first-order valence-corrected chi connectivity index (χ1v) is 16.9. The van der Waals surface area contributed by atoms with E-state index in [1.54, 1.807) is 72.1 Å². The molecule has 1 atom stereocenters. The molecule has 0 saturated carbocycles. The van der Waals surface area contributed by atoms with Crippen LogP contribution in [0.3, 0.4) is 0 Å². The van der Waals surface area contributed by atoms with Crippen molar-refractivity contribution in [3.63, 3.8) is 0 Å². The second kappa shape index (κ2) is 14.3. The lowest BCUT2D eigenvalue weighted by Crippen LogP contribution is -2.44. The van der Waals surface area contributed by atoms with Crippen LogP contribution in [0.1, 0.15) is 75.3 Å². The molecule has 13 nitrogen and oxygen atoms in total. The van der Waals surface area contributed by atoms with Crippen molar-refractivity contribution < 1.29 is 33.2 Å². The summed E-state index contributed by atoms with van der Waals surface area (Å²) in [5, 5.41) is 4.65. The van der Waals surface area contributed by atoms with Crippen molar-refractivity contribution >= 4 is 34.8 Å². The Morgan fingerprint density at radius 2 is 1.40 bits per heavy atom. The average Bonchev–Trinajstić information content (AvgIpc) is 3.80. The van der Waals surface area contributed by atoms with Crippen LogP contribution in [0.15, 0.2) is 83.6 Å². The van der Waals surface area contributed by atoms with Gasteiger partial charge in [-0.1, -0.05) is 53.7 Å². The molecule has 5 aromatic rings. The lowest BCUT2D eigenvalue weighted by molar-refractivity contribution is -0.159. The summed E-state index contributed by atoms with van der Waals surface area (Å²) in [4.78, 5) is 61.7. The van der Waals surface area contributed by atoms with Crippen LogP contribution in [0.5, 0.6) is 0 Å². The lowest BCUT2D eigenvalue weighted by atomic mass is 9.99. The van der Waals surface area contributed by atoms with Crippen molar-refractivity contribution in [3.8, 4) is 33.6 Å². The minimum absolute atomic E-state index is 0.0589. The monoisotopic (exact) mass is 704 g/mol. The van der Waals surface area contributed by atoms with Gasteiger partial charge >= 0.3 is 12.1 Å². The third-order valence-electron chi connectivity index (χ3n) is 8.14. The number of aromatic nitrogens is 3. The van der Waals surface area contributed by atoms with Gasteiger partial charge in [0, 0.05) is 41.5 Å². The number of ether oxygens (including phenoxy) is 2. The number of hydrogen-bond acceptors (Lipinski definition) is 10. The molecule has 0 radical (unpaired) electrons. The number of esters is 1. The normalized spacial score (nSPS) is 14.6. The van der Waals surface area contributed by atoms with E-state index in [0.717, 1.165) is 22.3 Å². The Bertz CT molecular complexity index is 2130. The zero-order chi connectivity index (χ0) is 37.2. The zero-order valence-corrected chi connectivity index (χ0v) is 29.9. The molecule has 1 fully saturated rings. The van der Waals surface area contributed by atoms with Gasteiger partial charge in [-0.05, 0) is 77.6 Å². The molecule has 2 N–H and O–H groups in total. The number of fused-ring (bicyclic) bond motifs is 1. The molecule has 0 spiro atoms. The molecular formula is C39H40N6O7. The molecule has 1 aliphatic rings. The molecule has 1 saturated heterocycles. The summed E-state index contributed by atoms with van der Waals surface area (Å²) < 4.78 is 16.2. The Kier molecular flexibility index (Phi) is 9.79. The fraction of sp³-hybridized carbons (Fsp3) is 0.308. The first-order chi connectivity index (χ1) is 24.6. The van der Waals surface area contributed by atoms with Crippen LogP contribution in [0.25, 0.3) is 44.5 Å². The van der Waals surface area contributed by atoms with Gasteiger partial charge in [-0.25, -0.2) is 20.0 Å². The Hall–Kier alpha value is -6.11. The molecule has 0 unspecified atom stereocenters. The zero-order valence-electron chi connectivity index (χ0n) is 29.9. The third-order valence-corrected chi connectivity index (χ3v) is 8.14. The van der Waals surface area contributed by atoms with Gasteiger partial charge in [0.25, 0.3) is 11.8 Å². The molecule has 2 aromatic carbocycles. The quantitative estimate of drug-likeness (QED) is 0.143. The molecule has 52 heavy (non-hydrogen) atoms. The van der Waals surface area contributed by atoms with E-state index in [1.807, 2.05) is 48.5 Å². The minimum Gasteiger partial charge on any atom is -0.458 e. The van der Waals surface area contributed by atoms with E-state index < -0.39 is 41.1 Å². The van der Waals surface area contributed by atoms with Gasteiger partial charge in [-0.15, -0.1) is 0 Å². The van der Waals surface area contributed by atoms with Crippen LogP contribution >= 0.6 is 0 Å². The van der Waals surface area contributed by atoms with E-state index in [-0.39, 0.29) is 11.3 Å². The highest BCUT2D eigenvalue weighted by Gasteiger charge is 2.38. The molecule has 3 aromatic heterocycles. The van der Waals surface area contributed by atoms with E-state index in [1.165, 1.54) is 4.90 Å². The number of hydrogen-bond donors (Lipinski definition) is 2. The molecule has 1 aliphatic heterocycles. The SMILES string of the molecule is CC(C)(C)OC(=O)NNC(=O)c1cc(-c2ccc(-c3ccc(-c4cc(C(=O)N5CCC[C@@H]5C(=O)OC(C)(C)C)on4)cc3)cc2)nc2ccncc12. The Morgan fingerprint density at radius 3 is 2.04 bits per heavy atom. The Morgan fingerprint density at radius 1 is 0.788 bits per heavy atom. The molecule has 13 heteroatoms. The first-order valence-electron chi connectivity index (χ1n) is 16.9. The van der Waals surface area contributed by atoms with E-state index in [2.05, 4.69) is 21.0 Å². The van der Waals surface area contributed by atoms with Gasteiger partial charge in [-0.2, -0.15) is 0 Å². The standard InChI is InChI=1S/C39H40N6O7/c1-38(2,3)50-36(48)32-8-7-19-45(32)35(47)33-21-31(44-52-33)26-15-11-24(12-16-26)23-9-13-25(14-10-23)30-20-27(28-22-40-18-17-29(28)41-30)34(46)42-43-37(49)51-39(4,5)6/h9-18,20-22,32H,7-8,19H2,1-6H3,(H,42,46)(H,43,49)/t32-/m1/s1. The number of carbonyl (C=O) groups excluding carboxylic acids is 4. The number of carbonyl (C=O) groups is 4. The van der Waals surface area contributed by atoms with E-state index in [4.69, 9.17) is 19.0 Å². The largest absolute Gasteiger partial charge is 0.458 e. The maximum absolute atomic E-state index is 13.3. The highest BCUT2D eigenvalue weighted by molar-refractivity contribution is 6.07. The number of hydrazine groups is 1. The Balaban J connectivity index is 1.15. The number of nitrogens with one attached hydrogen (secondary N) is 2. The summed E-state index contributed by atoms with van der Waals surface area (Å²) in [6.45, 7) is 11.0. The van der Waals surface area contributed by atoms with Crippen molar-refractivity contribution in [2.24, 2.45) is 0 Å². The number of nitrogens with zero attached hydrogens (tertiary/aromatic N) is 4. The van der Waals surface area contributed by atoms with E-state index in [9.17, 15) is 19.2 Å². The highest BCUT2D eigenvalue weighted by Crippen LogP contribution is 2.30. The number of amides is 3. The number of benzene rings is 2. The van der Waals surface area contributed by atoms with Gasteiger partial charge in [0.05, 0.1) is 16.8 Å².